The fourth-order valence-corrected chi connectivity index (χ4v) is 1.49. The third-order valence-electron chi connectivity index (χ3n) is 2.35. The molecule has 0 saturated heterocycles. The van der Waals surface area contributed by atoms with Crippen LogP contribution < -0.4 is 16.1 Å². The van der Waals surface area contributed by atoms with E-state index in [0.29, 0.717) is 0 Å². The molecule has 1 aromatic heterocycles. The van der Waals surface area contributed by atoms with Crippen LogP contribution in [-0.4, -0.2) is 38.4 Å². The summed E-state index contributed by atoms with van der Waals surface area (Å²) < 4.78 is 0. The van der Waals surface area contributed by atoms with Crippen molar-refractivity contribution in [3.05, 3.63) is 17.8 Å². The molecule has 0 aliphatic heterocycles. The fraction of sp³-hybridized carbons (Fsp3) is 0.600. The van der Waals surface area contributed by atoms with Crippen LogP contribution in [0, 0.1) is 0 Å². The van der Waals surface area contributed by atoms with Crippen LogP contribution in [0.4, 0.5) is 0 Å². The molecule has 0 saturated carbocycles. The molecule has 1 rings (SSSR count). The number of aliphatic hydroxyl groups excluding tert-OH is 1. The molecule has 1 heterocycles. The zero-order valence-electron chi connectivity index (χ0n) is 10.4. The Morgan fingerprint density at radius 2 is 2.17 bits per heavy atom. The van der Waals surface area contributed by atoms with Gasteiger partial charge in [-0.05, 0) is 19.4 Å². The fourth-order valence-electron chi connectivity index (χ4n) is 1.49. The lowest BCUT2D eigenvalue weighted by molar-refractivity contribution is -0.143. The van der Waals surface area contributed by atoms with Crippen molar-refractivity contribution in [2.45, 2.75) is 32.4 Å². The maximum absolute atomic E-state index is 8.98. The molecule has 1 aromatic rings. The van der Waals surface area contributed by atoms with Crippen molar-refractivity contribution in [3.63, 3.8) is 0 Å². The highest BCUT2D eigenvalue weighted by molar-refractivity contribution is 5.26. The van der Waals surface area contributed by atoms with E-state index in [-0.39, 0.29) is 24.6 Å². The summed E-state index contributed by atoms with van der Waals surface area (Å²) in [5.74, 6) is 3.59. The lowest BCUT2D eigenvalue weighted by Crippen LogP contribution is -2.33. The van der Waals surface area contributed by atoms with Gasteiger partial charge in [0, 0.05) is 17.6 Å². The largest absolute Gasteiger partial charge is 0.395 e. The first kappa shape index (κ1) is 16.7. The van der Waals surface area contributed by atoms with E-state index >= 15 is 0 Å². The van der Waals surface area contributed by atoms with Gasteiger partial charge in [0.1, 0.15) is 0 Å². The van der Waals surface area contributed by atoms with Gasteiger partial charge in [-0.2, -0.15) is 5.10 Å². The Hall–Kier alpha value is -1.32. The Morgan fingerprint density at radius 3 is 2.67 bits per heavy atom. The summed E-state index contributed by atoms with van der Waals surface area (Å²) in [4.78, 5) is 4.17. The Balaban J connectivity index is 0.00000137. The summed E-state index contributed by atoms with van der Waals surface area (Å²) in [6, 6.07) is 1.65. The van der Waals surface area contributed by atoms with Crippen molar-refractivity contribution < 1.29 is 20.5 Å². The summed E-state index contributed by atoms with van der Waals surface area (Å²) in [5, 5.41) is 34.6. The molecule has 1 unspecified atom stereocenters. The summed E-state index contributed by atoms with van der Waals surface area (Å²) in [7, 11) is 0. The Morgan fingerprint density at radius 1 is 1.50 bits per heavy atom. The van der Waals surface area contributed by atoms with Gasteiger partial charge in [-0.15, -0.1) is 5.10 Å². The van der Waals surface area contributed by atoms with E-state index in [0.717, 1.165) is 12.0 Å². The van der Waals surface area contributed by atoms with E-state index in [1.165, 1.54) is 6.20 Å². The van der Waals surface area contributed by atoms with Crippen molar-refractivity contribution in [2.24, 2.45) is 5.90 Å². The summed E-state index contributed by atoms with van der Waals surface area (Å²) in [6.45, 7) is 3.91. The summed E-state index contributed by atoms with van der Waals surface area (Å²) in [6.07, 6.45) is 2.32. The van der Waals surface area contributed by atoms with Gasteiger partial charge in [0.05, 0.1) is 12.8 Å². The van der Waals surface area contributed by atoms with Crippen LogP contribution >= 0.6 is 0 Å². The van der Waals surface area contributed by atoms with Gasteiger partial charge in [-0.25, -0.2) is 11.2 Å². The number of aliphatic hydroxyl groups is 1. The zero-order chi connectivity index (χ0) is 14.0. The predicted molar refractivity (Wildman–Crippen MR) is 64.0 cm³/mol. The predicted octanol–water partition coefficient (Wildman–Crippen LogP) is 0.0842. The Bertz CT molecular complexity index is 327. The Kier molecular flexibility index (Phi) is 8.97. The van der Waals surface area contributed by atoms with Crippen molar-refractivity contribution in [1.29, 1.82) is 0 Å². The first-order chi connectivity index (χ1) is 8.72. The molecule has 0 radical (unpaired) electrons. The molecule has 0 aliphatic rings. The maximum atomic E-state index is 8.98. The zero-order valence-corrected chi connectivity index (χ0v) is 10.4. The van der Waals surface area contributed by atoms with E-state index in [9.17, 15) is 0 Å². The normalized spacial score (nSPS) is 13.2. The molecule has 2 atom stereocenters. The first-order valence-corrected chi connectivity index (χ1v) is 5.48. The minimum atomic E-state index is -0.0419. The third-order valence-corrected chi connectivity index (χ3v) is 2.35. The van der Waals surface area contributed by atoms with Crippen LogP contribution in [0.25, 0.3) is 0 Å². The van der Waals surface area contributed by atoms with Crippen LogP contribution in [0.5, 0.6) is 5.88 Å². The van der Waals surface area contributed by atoms with Gasteiger partial charge >= 0.3 is 0 Å². The summed E-state index contributed by atoms with van der Waals surface area (Å²) in [5.41, 5.74) is 0.723. The van der Waals surface area contributed by atoms with Crippen molar-refractivity contribution in [2.75, 3.05) is 6.61 Å². The molecule has 8 nitrogen and oxygen atoms in total. The number of rotatable bonds is 6. The molecule has 0 bridgehead atoms. The number of hydrogen-bond donors (Lipinski definition) is 5. The molecule has 18 heavy (non-hydrogen) atoms. The lowest BCUT2D eigenvalue weighted by Gasteiger charge is -2.21. The van der Waals surface area contributed by atoms with E-state index in [1.807, 2.05) is 13.8 Å². The topological polar surface area (TPSA) is 134 Å². The highest BCUT2D eigenvalue weighted by Gasteiger charge is 2.17. The van der Waals surface area contributed by atoms with Crippen LogP contribution in [0.15, 0.2) is 12.3 Å². The number of nitrogens with two attached hydrogens (primary N) is 1. The quantitative estimate of drug-likeness (QED) is 0.359. The second kappa shape index (κ2) is 9.68. The minimum absolute atomic E-state index is 0.0374. The molecule has 6 N–H and O–H groups in total. The average Bonchev–Trinajstić information content (AvgIpc) is 2.46. The van der Waals surface area contributed by atoms with Gasteiger partial charge in [0.25, 0.3) is 5.88 Å². The molecule has 8 heteroatoms. The highest BCUT2D eigenvalue weighted by atomic mass is 17.1. The lowest BCUT2D eigenvalue weighted by atomic mass is 10.1. The molecule has 0 spiro atoms. The van der Waals surface area contributed by atoms with E-state index in [2.05, 4.69) is 26.3 Å². The van der Waals surface area contributed by atoms with E-state index < -0.39 is 0 Å². The maximum Gasteiger partial charge on any atom is 0.279 e. The van der Waals surface area contributed by atoms with Crippen LogP contribution in [-0.2, 0) is 0 Å². The molecular formula is C10H20N4O4. The standard InChI is InChI=1S/C10H17N3O3.H3NO/c1-3-9(12-7(2)6-14)8-4-5-11-13-10(8)16-15;1-2/h4-5,7,9,12,14-15H,3,6H2,1-2H3;2H,1H2/t7?,9-;/m1./s1. The number of hydrogen-bond acceptors (Lipinski definition) is 8. The van der Waals surface area contributed by atoms with Crippen LogP contribution in [0.3, 0.4) is 0 Å². The first-order valence-electron chi connectivity index (χ1n) is 5.48. The van der Waals surface area contributed by atoms with Gasteiger partial charge < -0.3 is 20.5 Å². The second-order valence-electron chi connectivity index (χ2n) is 3.59. The average molecular weight is 260 g/mol. The Labute approximate surface area is 105 Å². The van der Waals surface area contributed by atoms with Crippen LogP contribution in [0.1, 0.15) is 31.9 Å². The number of aromatic nitrogens is 2. The van der Waals surface area contributed by atoms with Crippen molar-refractivity contribution in [3.8, 4) is 5.88 Å². The van der Waals surface area contributed by atoms with Crippen molar-refractivity contribution in [1.82, 2.24) is 15.5 Å². The SMILES string of the molecule is CC[C@@H](NC(C)CO)c1ccnnc1OO.NO. The van der Waals surface area contributed by atoms with Gasteiger partial charge in [-0.3, -0.25) is 0 Å². The highest BCUT2D eigenvalue weighted by Crippen LogP contribution is 2.24. The monoisotopic (exact) mass is 260 g/mol. The smallest absolute Gasteiger partial charge is 0.279 e. The van der Waals surface area contributed by atoms with Gasteiger partial charge in [0.2, 0.25) is 0 Å². The molecule has 0 aromatic carbocycles. The molecule has 0 amide bonds. The molecule has 104 valence electrons. The van der Waals surface area contributed by atoms with E-state index in [4.69, 9.17) is 15.6 Å². The second-order valence-corrected chi connectivity index (χ2v) is 3.59. The minimum Gasteiger partial charge on any atom is -0.395 e. The number of nitrogens with zero attached hydrogens (tertiary/aromatic N) is 2. The van der Waals surface area contributed by atoms with Gasteiger partial charge in [-0.1, -0.05) is 6.92 Å². The molecule has 0 aliphatic carbocycles. The number of nitrogens with one attached hydrogen (secondary N) is 1. The van der Waals surface area contributed by atoms with E-state index in [1.54, 1.807) is 6.07 Å². The van der Waals surface area contributed by atoms with Crippen molar-refractivity contribution >= 4 is 0 Å². The van der Waals surface area contributed by atoms with Gasteiger partial charge in [0.15, 0.2) is 0 Å². The molecule has 0 fully saturated rings. The summed E-state index contributed by atoms with van der Waals surface area (Å²) >= 11 is 0. The molecular weight excluding hydrogens is 240 g/mol. The van der Waals surface area contributed by atoms with Crippen LogP contribution in [0.2, 0.25) is 0 Å². The third kappa shape index (κ3) is 4.90.